The first kappa shape index (κ1) is 40.7. The van der Waals surface area contributed by atoms with Gasteiger partial charge in [0.15, 0.2) is 0 Å². The van der Waals surface area contributed by atoms with Gasteiger partial charge < -0.3 is 14.6 Å². The zero-order chi connectivity index (χ0) is 39.4. The molecule has 55 heavy (non-hydrogen) atoms. The monoisotopic (exact) mass is 930 g/mol. The van der Waals surface area contributed by atoms with Gasteiger partial charge in [-0.3, -0.25) is 0 Å². The molecule has 0 fully saturated rings. The number of rotatable bonds is 8. The number of aromatic carboxylic acids is 1. The van der Waals surface area contributed by atoms with Gasteiger partial charge in [0, 0.05) is 48.1 Å². The lowest BCUT2D eigenvalue weighted by Crippen LogP contribution is -2.02. The van der Waals surface area contributed by atoms with Crippen molar-refractivity contribution in [1.82, 2.24) is 9.97 Å². The minimum Gasteiger partial charge on any atom is -0.497 e. The van der Waals surface area contributed by atoms with Gasteiger partial charge in [-0.25, -0.2) is 19.6 Å². The first-order chi connectivity index (χ1) is 26.4. The number of carbonyl (C=O) groups excluding carboxylic acids is 1. The van der Waals surface area contributed by atoms with Crippen LogP contribution in [0.5, 0.6) is 5.75 Å². The molecule has 7 aromatic rings. The van der Waals surface area contributed by atoms with Crippen molar-refractivity contribution in [2.45, 2.75) is 0 Å². The molecule has 2 aromatic heterocycles. The van der Waals surface area contributed by atoms with E-state index in [1.54, 1.807) is 67.8 Å². The Morgan fingerprint density at radius 2 is 1.11 bits per heavy atom. The minimum absolute atomic E-state index is 0.124. The fourth-order valence-electron chi connectivity index (χ4n) is 5.24. The Bertz CT molecular complexity index is 2580. The van der Waals surface area contributed by atoms with Crippen LogP contribution in [0, 0.1) is 0 Å². The topological polar surface area (TPSA) is 98.6 Å². The van der Waals surface area contributed by atoms with Crippen molar-refractivity contribution in [3.05, 3.63) is 142 Å². The summed E-state index contributed by atoms with van der Waals surface area (Å²) in [5.74, 6) is -0.868. The number of hydrogen-bond donors (Lipinski definition) is 1. The van der Waals surface area contributed by atoms with Crippen LogP contribution < -0.4 is 4.74 Å². The van der Waals surface area contributed by atoms with Crippen molar-refractivity contribution < 1.29 is 24.2 Å². The molecule has 0 aliphatic heterocycles. The molecule has 7 rings (SSSR count). The first-order valence-electron chi connectivity index (χ1n) is 15.8. The summed E-state index contributed by atoms with van der Waals surface area (Å²) in [5, 5.41) is 17.5. The van der Waals surface area contributed by atoms with E-state index in [0.29, 0.717) is 62.6 Å². The van der Waals surface area contributed by atoms with Crippen LogP contribution in [0.25, 0.3) is 54.8 Å². The number of esters is 1. The molecule has 1 N–H and O–H groups in total. The maximum absolute atomic E-state index is 12.0. The standard InChI is InChI=1S/C23H14Cl3NO3S.C17H10BrCl2NO2S/c1-30-14-4-7-18(24)16(10-14)15-5-2-13(8-17(15)23(28)29)22-27-21(11-31-22)12-3-6-19(25)20(26)9-12;1-23-17(22)11-6-10(2-4-12(11)18)16-21-15(8-24-16)9-3-5-13(19)14(20)7-9/h2-11H,1H3,(H,28,29);2-8H,1H3. The van der Waals surface area contributed by atoms with Crippen molar-refractivity contribution in [3.8, 4) is 60.5 Å². The van der Waals surface area contributed by atoms with Crippen LogP contribution in [-0.4, -0.2) is 41.2 Å². The summed E-state index contributed by atoms with van der Waals surface area (Å²) in [4.78, 5) is 33.1. The smallest absolute Gasteiger partial charge is 0.339 e. The van der Waals surface area contributed by atoms with Gasteiger partial charge in [0.25, 0.3) is 0 Å². The van der Waals surface area contributed by atoms with Crippen LogP contribution >= 0.6 is 96.6 Å². The highest BCUT2D eigenvalue weighted by molar-refractivity contribution is 9.10. The van der Waals surface area contributed by atoms with E-state index in [1.807, 2.05) is 41.1 Å². The molecule has 0 spiro atoms. The number of carbonyl (C=O) groups is 2. The van der Waals surface area contributed by atoms with Gasteiger partial charge in [0.2, 0.25) is 0 Å². The molecule has 7 nitrogen and oxygen atoms in total. The number of halogens is 6. The molecule has 0 unspecified atom stereocenters. The lowest BCUT2D eigenvalue weighted by atomic mass is 9.97. The molecular weight excluding hydrogens is 910 g/mol. The van der Waals surface area contributed by atoms with Crippen LogP contribution in [0.15, 0.2) is 106 Å². The third kappa shape index (κ3) is 9.36. The molecule has 278 valence electrons. The lowest BCUT2D eigenvalue weighted by molar-refractivity contribution is 0.0598. The van der Waals surface area contributed by atoms with Crippen molar-refractivity contribution in [1.29, 1.82) is 0 Å². The fourth-order valence-corrected chi connectivity index (χ4v) is 8.12. The van der Waals surface area contributed by atoms with Crippen LogP contribution in [0.2, 0.25) is 25.1 Å². The average Bonchev–Trinajstić information content (AvgIpc) is 3.89. The second kappa shape index (κ2) is 17.9. The first-order valence-corrected chi connectivity index (χ1v) is 20.2. The van der Waals surface area contributed by atoms with Gasteiger partial charge in [0.05, 0.1) is 56.8 Å². The second-order valence-corrected chi connectivity index (χ2v) is 16.0. The Labute approximate surface area is 357 Å². The van der Waals surface area contributed by atoms with Gasteiger partial charge in [-0.1, -0.05) is 88.3 Å². The summed E-state index contributed by atoms with van der Waals surface area (Å²) in [5.41, 5.74) is 6.45. The summed E-state index contributed by atoms with van der Waals surface area (Å²) >= 11 is 36.7. The number of ether oxygens (including phenoxy) is 2. The number of carboxylic acids is 1. The number of aromatic nitrogens is 2. The molecule has 15 heteroatoms. The number of benzene rings is 5. The highest BCUT2D eigenvalue weighted by Gasteiger charge is 2.19. The van der Waals surface area contributed by atoms with E-state index in [1.165, 1.54) is 29.8 Å². The minimum atomic E-state index is -1.06. The zero-order valence-electron chi connectivity index (χ0n) is 28.4. The van der Waals surface area contributed by atoms with E-state index in [4.69, 9.17) is 67.5 Å². The Hall–Kier alpha value is -3.97. The number of carboxylic acid groups (broad SMARTS) is 1. The maximum Gasteiger partial charge on any atom is 0.339 e. The quantitative estimate of drug-likeness (QED) is 0.152. The van der Waals surface area contributed by atoms with E-state index in [2.05, 4.69) is 25.9 Å². The highest BCUT2D eigenvalue weighted by Crippen LogP contribution is 2.38. The SMILES string of the molecule is COC(=O)c1cc(-c2nc(-c3ccc(Cl)c(Cl)c3)cs2)ccc1Br.COc1ccc(Cl)c(-c2ccc(-c3nc(-c4ccc(Cl)c(Cl)c4)cs3)cc2C(=O)O)c1. The van der Waals surface area contributed by atoms with E-state index >= 15 is 0 Å². The van der Waals surface area contributed by atoms with Crippen molar-refractivity contribution in [2.24, 2.45) is 0 Å². The molecule has 2 heterocycles. The van der Waals surface area contributed by atoms with E-state index in [9.17, 15) is 14.7 Å². The average molecular weight is 934 g/mol. The lowest BCUT2D eigenvalue weighted by Gasteiger charge is -2.11. The predicted molar refractivity (Wildman–Crippen MR) is 229 cm³/mol. The maximum atomic E-state index is 12.0. The molecule has 0 radical (unpaired) electrons. The molecule has 0 saturated heterocycles. The van der Waals surface area contributed by atoms with Gasteiger partial charge in [-0.2, -0.15) is 0 Å². The molecule has 0 saturated carbocycles. The Morgan fingerprint density at radius 3 is 1.62 bits per heavy atom. The number of nitrogens with zero attached hydrogens (tertiary/aromatic N) is 2. The van der Waals surface area contributed by atoms with E-state index in [-0.39, 0.29) is 5.56 Å². The summed E-state index contributed by atoms with van der Waals surface area (Å²) in [6.07, 6.45) is 0. The molecule has 0 amide bonds. The largest absolute Gasteiger partial charge is 0.497 e. The normalized spacial score (nSPS) is 10.8. The van der Waals surface area contributed by atoms with Crippen molar-refractivity contribution >= 4 is 109 Å². The highest BCUT2D eigenvalue weighted by atomic mass is 79.9. The summed E-state index contributed by atoms with van der Waals surface area (Å²) in [6.45, 7) is 0. The number of thiazole rings is 2. The van der Waals surface area contributed by atoms with Gasteiger partial charge in [0.1, 0.15) is 15.8 Å². The van der Waals surface area contributed by atoms with Crippen LogP contribution in [0.1, 0.15) is 20.7 Å². The van der Waals surface area contributed by atoms with E-state index < -0.39 is 11.9 Å². The molecule has 0 atom stereocenters. The third-order valence-electron chi connectivity index (χ3n) is 8.02. The van der Waals surface area contributed by atoms with Gasteiger partial charge >= 0.3 is 11.9 Å². The second-order valence-electron chi connectivity index (χ2n) is 11.4. The predicted octanol–water partition coefficient (Wildman–Crippen LogP) is 14.1. The third-order valence-corrected chi connectivity index (χ3v) is 12.3. The summed E-state index contributed by atoms with van der Waals surface area (Å²) in [7, 11) is 2.90. The number of methoxy groups -OCH3 is 2. The van der Waals surface area contributed by atoms with Crippen molar-refractivity contribution in [3.63, 3.8) is 0 Å². The fraction of sp³-hybridized carbons (Fsp3) is 0.0500. The summed E-state index contributed by atoms with van der Waals surface area (Å²) in [6, 6.07) is 26.4. The molecule has 0 aliphatic carbocycles. The van der Waals surface area contributed by atoms with Crippen LogP contribution in [0.3, 0.4) is 0 Å². The molecule has 5 aromatic carbocycles. The van der Waals surface area contributed by atoms with Gasteiger partial charge in [-0.15, -0.1) is 22.7 Å². The molecule has 0 bridgehead atoms. The Balaban J connectivity index is 0.000000193. The van der Waals surface area contributed by atoms with Crippen LogP contribution in [0.4, 0.5) is 0 Å². The van der Waals surface area contributed by atoms with Crippen molar-refractivity contribution in [2.75, 3.05) is 14.2 Å². The Kier molecular flexibility index (Phi) is 13.2. The zero-order valence-corrected chi connectivity index (χ0v) is 35.4. The summed E-state index contributed by atoms with van der Waals surface area (Å²) < 4.78 is 10.7. The van der Waals surface area contributed by atoms with Gasteiger partial charge in [-0.05, 0) is 82.2 Å². The van der Waals surface area contributed by atoms with E-state index in [0.717, 1.165) is 33.1 Å². The Morgan fingerprint density at radius 1 is 0.600 bits per heavy atom. The molecular formula is C40H24BrCl5N2O5S2. The molecule has 0 aliphatic rings. The van der Waals surface area contributed by atoms with Crippen LogP contribution in [-0.2, 0) is 4.74 Å². The number of hydrogen-bond acceptors (Lipinski definition) is 8.